The van der Waals surface area contributed by atoms with Gasteiger partial charge in [-0.2, -0.15) is 0 Å². The van der Waals surface area contributed by atoms with Crippen LogP contribution in [0.5, 0.6) is 5.75 Å². The van der Waals surface area contributed by atoms with Crippen LogP contribution < -0.4 is 10.5 Å². The summed E-state index contributed by atoms with van der Waals surface area (Å²) >= 11 is 0. The maximum atomic E-state index is 5.84. The van der Waals surface area contributed by atoms with Gasteiger partial charge < -0.3 is 14.9 Å². The van der Waals surface area contributed by atoms with Crippen molar-refractivity contribution in [2.24, 2.45) is 5.73 Å². The van der Waals surface area contributed by atoms with Crippen LogP contribution in [0.4, 0.5) is 0 Å². The molecule has 1 aliphatic carbocycles. The Balaban J connectivity index is 2.35. The van der Waals surface area contributed by atoms with Crippen molar-refractivity contribution in [3.05, 3.63) is 29.5 Å². The first-order chi connectivity index (χ1) is 7.85. The van der Waals surface area contributed by atoms with Gasteiger partial charge in [0.1, 0.15) is 11.3 Å². The minimum absolute atomic E-state index is 0.392. The highest BCUT2D eigenvalue weighted by atomic mass is 16.5. The molecule has 1 aromatic heterocycles. The molecule has 1 aromatic carbocycles. The Hall–Kier alpha value is -1.48. The van der Waals surface area contributed by atoms with Crippen molar-refractivity contribution in [3.63, 3.8) is 0 Å². The highest BCUT2D eigenvalue weighted by molar-refractivity contribution is 5.88. The highest BCUT2D eigenvalue weighted by Crippen LogP contribution is 2.42. The molecular formula is C13H15NO2. The first-order valence-corrected chi connectivity index (χ1v) is 5.62. The Kier molecular flexibility index (Phi) is 2.14. The van der Waals surface area contributed by atoms with Gasteiger partial charge in [-0.1, -0.05) is 0 Å². The van der Waals surface area contributed by atoms with Crippen molar-refractivity contribution in [2.75, 3.05) is 13.7 Å². The fraction of sp³-hybridized carbons (Fsp3) is 0.385. The monoisotopic (exact) mass is 217 g/mol. The number of hydrogen-bond donors (Lipinski definition) is 1. The zero-order chi connectivity index (χ0) is 11.1. The van der Waals surface area contributed by atoms with Crippen molar-refractivity contribution >= 4 is 11.0 Å². The topological polar surface area (TPSA) is 48.4 Å². The van der Waals surface area contributed by atoms with E-state index in [2.05, 4.69) is 0 Å². The van der Waals surface area contributed by atoms with Crippen molar-refractivity contribution in [3.8, 4) is 5.75 Å². The quantitative estimate of drug-likeness (QED) is 0.840. The van der Waals surface area contributed by atoms with E-state index in [1.54, 1.807) is 7.11 Å². The van der Waals surface area contributed by atoms with Gasteiger partial charge in [0.25, 0.3) is 0 Å². The van der Waals surface area contributed by atoms with Crippen molar-refractivity contribution < 1.29 is 9.15 Å². The summed E-state index contributed by atoms with van der Waals surface area (Å²) in [5.41, 5.74) is 9.31. The predicted molar refractivity (Wildman–Crippen MR) is 62.9 cm³/mol. The molecule has 0 radical (unpaired) electrons. The van der Waals surface area contributed by atoms with Crippen LogP contribution >= 0.6 is 0 Å². The van der Waals surface area contributed by atoms with Crippen LogP contribution in [0, 0.1) is 0 Å². The van der Waals surface area contributed by atoms with Crippen molar-refractivity contribution in [1.82, 2.24) is 0 Å². The molecule has 2 aromatic rings. The third kappa shape index (κ3) is 1.18. The molecule has 3 heteroatoms. The maximum Gasteiger partial charge on any atom is 0.134 e. The van der Waals surface area contributed by atoms with Crippen LogP contribution in [0.1, 0.15) is 23.5 Å². The van der Waals surface area contributed by atoms with Gasteiger partial charge in [-0.3, -0.25) is 0 Å². The minimum atomic E-state index is 0.392. The van der Waals surface area contributed by atoms with E-state index in [4.69, 9.17) is 14.9 Å². The Morgan fingerprint density at radius 1 is 1.50 bits per heavy atom. The lowest BCUT2D eigenvalue weighted by Crippen LogP contribution is -2.17. The summed E-state index contributed by atoms with van der Waals surface area (Å²) in [6, 6.07) is 3.94. The van der Waals surface area contributed by atoms with E-state index in [1.807, 2.05) is 18.4 Å². The Labute approximate surface area is 94.2 Å². The molecular weight excluding hydrogens is 202 g/mol. The molecule has 16 heavy (non-hydrogen) atoms. The number of benzene rings is 1. The van der Waals surface area contributed by atoms with Crippen LogP contribution in [-0.2, 0) is 6.42 Å². The second-order valence-electron chi connectivity index (χ2n) is 4.29. The zero-order valence-corrected chi connectivity index (χ0v) is 9.32. The lowest BCUT2D eigenvalue weighted by Gasteiger charge is -2.23. The number of ether oxygens (including phenoxy) is 1. The molecule has 1 heterocycles. The van der Waals surface area contributed by atoms with Crippen LogP contribution in [-0.4, -0.2) is 13.7 Å². The van der Waals surface area contributed by atoms with Gasteiger partial charge in [0, 0.05) is 16.9 Å². The van der Waals surface area contributed by atoms with E-state index in [-0.39, 0.29) is 0 Å². The van der Waals surface area contributed by atoms with Gasteiger partial charge in [-0.15, -0.1) is 0 Å². The molecule has 0 spiro atoms. The van der Waals surface area contributed by atoms with Crippen LogP contribution in [0.2, 0.25) is 0 Å². The first kappa shape index (κ1) is 9.73. The van der Waals surface area contributed by atoms with Crippen LogP contribution in [0.3, 0.4) is 0 Å². The van der Waals surface area contributed by atoms with E-state index in [1.165, 1.54) is 16.5 Å². The molecule has 3 rings (SSSR count). The molecule has 0 saturated heterocycles. The lowest BCUT2D eigenvalue weighted by atomic mass is 9.83. The Morgan fingerprint density at radius 2 is 2.38 bits per heavy atom. The molecule has 3 nitrogen and oxygen atoms in total. The highest BCUT2D eigenvalue weighted by Gasteiger charge is 2.26. The smallest absolute Gasteiger partial charge is 0.134 e. The van der Waals surface area contributed by atoms with Crippen molar-refractivity contribution in [1.29, 1.82) is 0 Å². The summed E-state index contributed by atoms with van der Waals surface area (Å²) in [6.45, 7) is 0.667. The normalized spacial score (nSPS) is 19.0. The van der Waals surface area contributed by atoms with E-state index < -0.39 is 0 Å². The maximum absolute atomic E-state index is 5.84. The number of furan rings is 1. The lowest BCUT2D eigenvalue weighted by molar-refractivity contribution is 0.404. The van der Waals surface area contributed by atoms with E-state index in [0.29, 0.717) is 12.5 Å². The Morgan fingerprint density at radius 3 is 3.12 bits per heavy atom. The van der Waals surface area contributed by atoms with E-state index in [0.717, 1.165) is 24.2 Å². The summed E-state index contributed by atoms with van der Waals surface area (Å²) in [4.78, 5) is 0. The van der Waals surface area contributed by atoms with Gasteiger partial charge in [-0.05, 0) is 37.1 Å². The summed E-state index contributed by atoms with van der Waals surface area (Å²) in [5, 5.41) is 1.22. The fourth-order valence-corrected chi connectivity index (χ4v) is 2.68. The predicted octanol–water partition coefficient (Wildman–Crippen LogP) is 2.43. The number of nitrogens with two attached hydrogens (primary N) is 1. The van der Waals surface area contributed by atoms with Crippen LogP contribution in [0.25, 0.3) is 11.0 Å². The molecule has 2 N–H and O–H groups in total. The standard InChI is InChI=1S/C13H15NO2/c1-15-10-4-5-11-13-9(7-16-11)3-2-8(6-14)12(10)13/h4-5,7-8H,2-3,6,14H2,1H3/t8-/m1/s1. The number of aryl methyl sites for hydroxylation is 1. The van der Waals surface area contributed by atoms with Gasteiger partial charge >= 0.3 is 0 Å². The second kappa shape index (κ2) is 3.52. The third-order valence-corrected chi connectivity index (χ3v) is 3.49. The van der Waals surface area contributed by atoms with E-state index >= 15 is 0 Å². The summed E-state index contributed by atoms with van der Waals surface area (Å²) in [5.74, 6) is 1.33. The molecule has 1 atom stereocenters. The molecule has 0 unspecified atom stereocenters. The molecule has 0 amide bonds. The molecule has 0 aliphatic heterocycles. The number of methoxy groups -OCH3 is 1. The fourth-order valence-electron chi connectivity index (χ4n) is 2.68. The molecule has 0 bridgehead atoms. The molecule has 0 saturated carbocycles. The van der Waals surface area contributed by atoms with Crippen molar-refractivity contribution in [2.45, 2.75) is 18.8 Å². The third-order valence-electron chi connectivity index (χ3n) is 3.49. The van der Waals surface area contributed by atoms with Gasteiger partial charge in [0.15, 0.2) is 0 Å². The molecule has 84 valence electrons. The van der Waals surface area contributed by atoms with Gasteiger partial charge in [-0.25, -0.2) is 0 Å². The second-order valence-corrected chi connectivity index (χ2v) is 4.29. The van der Waals surface area contributed by atoms with Gasteiger partial charge in [0.05, 0.1) is 13.4 Å². The average molecular weight is 217 g/mol. The van der Waals surface area contributed by atoms with Gasteiger partial charge in [0.2, 0.25) is 0 Å². The van der Waals surface area contributed by atoms with E-state index in [9.17, 15) is 0 Å². The largest absolute Gasteiger partial charge is 0.496 e. The average Bonchev–Trinajstić information content (AvgIpc) is 2.75. The first-order valence-electron chi connectivity index (χ1n) is 5.62. The number of hydrogen-bond acceptors (Lipinski definition) is 3. The summed E-state index contributed by atoms with van der Waals surface area (Å²) < 4.78 is 11.0. The number of rotatable bonds is 2. The minimum Gasteiger partial charge on any atom is -0.496 e. The SMILES string of the molecule is COc1ccc2occ3c2c1[C@@H](CN)CC3. The molecule has 0 fully saturated rings. The zero-order valence-electron chi connectivity index (χ0n) is 9.32. The molecule has 1 aliphatic rings. The summed E-state index contributed by atoms with van der Waals surface area (Å²) in [7, 11) is 1.71. The Bertz CT molecular complexity index is 530. The van der Waals surface area contributed by atoms with Crippen LogP contribution in [0.15, 0.2) is 22.8 Å². The summed E-state index contributed by atoms with van der Waals surface area (Å²) in [6.07, 6.45) is 3.99.